The lowest BCUT2D eigenvalue weighted by Gasteiger charge is -2.08. The Balaban J connectivity index is 1.43. The van der Waals surface area contributed by atoms with Crippen LogP contribution in [0.4, 0.5) is 5.69 Å². The standard InChI is InChI=1S/C25H19NO3S/c1-29-25(28)21-10-6-18(7-11-21)17-4-8-20(9-5-17)24(27)26-22-14-12-19(13-15-22)23-3-2-16-30-23/h2-16H,1H3,(H,26,27). The van der Waals surface area contributed by atoms with Crippen LogP contribution in [0.25, 0.3) is 21.6 Å². The van der Waals surface area contributed by atoms with Crippen molar-refractivity contribution in [3.8, 4) is 21.6 Å². The van der Waals surface area contributed by atoms with E-state index in [1.54, 1.807) is 35.6 Å². The monoisotopic (exact) mass is 413 g/mol. The number of thiophene rings is 1. The number of amides is 1. The summed E-state index contributed by atoms with van der Waals surface area (Å²) in [5.41, 5.74) is 4.88. The second-order valence-corrected chi connectivity index (χ2v) is 7.60. The molecule has 0 saturated heterocycles. The van der Waals surface area contributed by atoms with Crippen LogP contribution in [-0.2, 0) is 4.74 Å². The quantitative estimate of drug-likeness (QED) is 0.401. The van der Waals surface area contributed by atoms with Gasteiger partial charge in [-0.3, -0.25) is 4.79 Å². The maximum Gasteiger partial charge on any atom is 0.337 e. The number of hydrogen-bond donors (Lipinski definition) is 1. The van der Waals surface area contributed by atoms with E-state index in [-0.39, 0.29) is 11.9 Å². The highest BCUT2D eigenvalue weighted by Crippen LogP contribution is 2.26. The second kappa shape index (κ2) is 8.76. The number of carbonyl (C=O) groups excluding carboxylic acids is 2. The summed E-state index contributed by atoms with van der Waals surface area (Å²) in [4.78, 5) is 25.3. The summed E-state index contributed by atoms with van der Waals surface area (Å²) in [5.74, 6) is -0.525. The smallest absolute Gasteiger partial charge is 0.337 e. The molecule has 30 heavy (non-hydrogen) atoms. The fourth-order valence-corrected chi connectivity index (χ4v) is 3.83. The maximum absolute atomic E-state index is 12.6. The van der Waals surface area contributed by atoms with Crippen LogP contribution in [0.2, 0.25) is 0 Å². The number of esters is 1. The predicted molar refractivity (Wildman–Crippen MR) is 121 cm³/mol. The molecule has 3 aromatic carbocycles. The van der Waals surface area contributed by atoms with Gasteiger partial charge >= 0.3 is 5.97 Å². The number of anilines is 1. The van der Waals surface area contributed by atoms with Crippen molar-refractivity contribution in [2.75, 3.05) is 12.4 Å². The van der Waals surface area contributed by atoms with Gasteiger partial charge in [-0.2, -0.15) is 0 Å². The highest BCUT2D eigenvalue weighted by molar-refractivity contribution is 7.13. The van der Waals surface area contributed by atoms with E-state index in [1.807, 2.05) is 60.0 Å². The third-order valence-corrected chi connectivity index (χ3v) is 5.65. The van der Waals surface area contributed by atoms with E-state index in [0.717, 1.165) is 22.4 Å². The lowest BCUT2D eigenvalue weighted by atomic mass is 10.0. The van der Waals surface area contributed by atoms with Gasteiger partial charge in [0.15, 0.2) is 0 Å². The minimum Gasteiger partial charge on any atom is -0.465 e. The van der Waals surface area contributed by atoms with Crippen molar-refractivity contribution in [3.05, 3.63) is 101 Å². The van der Waals surface area contributed by atoms with E-state index < -0.39 is 0 Å². The molecule has 0 aliphatic heterocycles. The van der Waals surface area contributed by atoms with Crippen LogP contribution in [0, 0.1) is 0 Å². The molecule has 1 aromatic heterocycles. The van der Waals surface area contributed by atoms with Crippen molar-refractivity contribution >= 4 is 28.9 Å². The molecule has 0 fully saturated rings. The Morgan fingerprint density at radius 1 is 0.733 bits per heavy atom. The van der Waals surface area contributed by atoms with E-state index in [2.05, 4.69) is 11.4 Å². The number of benzene rings is 3. The van der Waals surface area contributed by atoms with Crippen LogP contribution in [0.3, 0.4) is 0 Å². The Bertz CT molecular complexity index is 1150. The molecule has 4 rings (SSSR count). The molecule has 4 nitrogen and oxygen atoms in total. The van der Waals surface area contributed by atoms with Gasteiger partial charge < -0.3 is 10.1 Å². The zero-order valence-electron chi connectivity index (χ0n) is 16.3. The molecular weight excluding hydrogens is 394 g/mol. The Morgan fingerprint density at radius 2 is 1.30 bits per heavy atom. The number of ether oxygens (including phenoxy) is 1. The van der Waals surface area contributed by atoms with Gasteiger partial charge in [0.2, 0.25) is 0 Å². The normalized spacial score (nSPS) is 10.4. The van der Waals surface area contributed by atoms with Gasteiger partial charge in [-0.1, -0.05) is 42.5 Å². The van der Waals surface area contributed by atoms with Gasteiger partial charge in [0.25, 0.3) is 5.91 Å². The maximum atomic E-state index is 12.6. The third-order valence-electron chi connectivity index (χ3n) is 4.73. The SMILES string of the molecule is COC(=O)c1ccc(-c2ccc(C(=O)Nc3ccc(-c4cccs4)cc3)cc2)cc1. The first-order valence-corrected chi connectivity index (χ1v) is 10.3. The van der Waals surface area contributed by atoms with E-state index in [1.165, 1.54) is 12.0 Å². The Labute approximate surface area is 178 Å². The summed E-state index contributed by atoms with van der Waals surface area (Å²) in [6, 6.07) is 26.4. The fraction of sp³-hybridized carbons (Fsp3) is 0.0400. The van der Waals surface area contributed by atoms with Crippen LogP contribution in [-0.4, -0.2) is 19.0 Å². The van der Waals surface area contributed by atoms with Crippen LogP contribution in [0.5, 0.6) is 0 Å². The molecule has 0 aliphatic carbocycles. The van der Waals surface area contributed by atoms with Gasteiger partial charge in [0.05, 0.1) is 12.7 Å². The minimum atomic E-state index is -0.364. The molecule has 0 spiro atoms. The van der Waals surface area contributed by atoms with Crippen molar-refractivity contribution in [1.29, 1.82) is 0 Å². The minimum absolute atomic E-state index is 0.161. The lowest BCUT2D eigenvalue weighted by molar-refractivity contribution is 0.0600. The van der Waals surface area contributed by atoms with Crippen LogP contribution in [0.15, 0.2) is 90.3 Å². The number of methoxy groups -OCH3 is 1. The highest BCUT2D eigenvalue weighted by atomic mass is 32.1. The first-order valence-electron chi connectivity index (χ1n) is 9.38. The lowest BCUT2D eigenvalue weighted by Crippen LogP contribution is -2.11. The zero-order valence-corrected chi connectivity index (χ0v) is 17.1. The predicted octanol–water partition coefficient (Wildman–Crippen LogP) is 6.12. The van der Waals surface area contributed by atoms with Gasteiger partial charge in [-0.25, -0.2) is 4.79 Å². The summed E-state index contributed by atoms with van der Waals surface area (Å²) in [6.45, 7) is 0. The molecule has 0 atom stereocenters. The Hall–Kier alpha value is -3.70. The Kier molecular flexibility index (Phi) is 5.72. The number of hydrogen-bond acceptors (Lipinski definition) is 4. The van der Waals surface area contributed by atoms with Gasteiger partial charge in [0, 0.05) is 16.1 Å². The summed E-state index contributed by atoms with van der Waals surface area (Å²) in [5, 5.41) is 4.97. The Morgan fingerprint density at radius 3 is 1.83 bits per heavy atom. The molecule has 1 heterocycles. The molecule has 0 radical (unpaired) electrons. The number of rotatable bonds is 5. The van der Waals surface area contributed by atoms with E-state index >= 15 is 0 Å². The molecule has 0 saturated carbocycles. The average Bonchev–Trinajstić information content (AvgIpc) is 3.34. The topological polar surface area (TPSA) is 55.4 Å². The second-order valence-electron chi connectivity index (χ2n) is 6.66. The van der Waals surface area contributed by atoms with Crippen molar-refractivity contribution in [2.24, 2.45) is 0 Å². The molecule has 1 N–H and O–H groups in total. The van der Waals surface area contributed by atoms with Crippen molar-refractivity contribution in [2.45, 2.75) is 0 Å². The highest BCUT2D eigenvalue weighted by Gasteiger charge is 2.09. The van der Waals surface area contributed by atoms with Crippen LogP contribution < -0.4 is 5.32 Å². The van der Waals surface area contributed by atoms with Crippen molar-refractivity contribution in [1.82, 2.24) is 0 Å². The largest absolute Gasteiger partial charge is 0.465 e. The zero-order chi connectivity index (χ0) is 20.9. The molecular formula is C25H19NO3S. The third kappa shape index (κ3) is 4.31. The van der Waals surface area contributed by atoms with Gasteiger partial charge in [0.1, 0.15) is 0 Å². The molecule has 148 valence electrons. The molecule has 0 bridgehead atoms. The van der Waals surface area contributed by atoms with Crippen LogP contribution in [0.1, 0.15) is 20.7 Å². The average molecular weight is 413 g/mol. The fourth-order valence-electron chi connectivity index (χ4n) is 3.09. The first-order chi connectivity index (χ1) is 14.6. The van der Waals surface area contributed by atoms with E-state index in [4.69, 9.17) is 4.74 Å². The summed E-state index contributed by atoms with van der Waals surface area (Å²) >= 11 is 1.69. The van der Waals surface area contributed by atoms with Crippen molar-refractivity contribution in [3.63, 3.8) is 0 Å². The first kappa shape index (κ1) is 19.6. The summed E-state index contributed by atoms with van der Waals surface area (Å²) < 4.78 is 4.72. The van der Waals surface area contributed by atoms with Crippen molar-refractivity contribution < 1.29 is 14.3 Å². The summed E-state index contributed by atoms with van der Waals surface area (Å²) in [6.07, 6.45) is 0. The van der Waals surface area contributed by atoms with E-state index in [0.29, 0.717) is 11.1 Å². The number of nitrogens with one attached hydrogen (secondary N) is 1. The van der Waals surface area contributed by atoms with Gasteiger partial charge in [-0.15, -0.1) is 11.3 Å². The molecule has 1 amide bonds. The molecule has 0 aliphatic rings. The number of carbonyl (C=O) groups is 2. The van der Waals surface area contributed by atoms with Gasteiger partial charge in [-0.05, 0) is 64.5 Å². The summed E-state index contributed by atoms with van der Waals surface area (Å²) in [7, 11) is 1.36. The van der Waals surface area contributed by atoms with E-state index in [9.17, 15) is 9.59 Å². The molecule has 4 aromatic rings. The molecule has 0 unspecified atom stereocenters. The van der Waals surface area contributed by atoms with Crippen LogP contribution >= 0.6 is 11.3 Å². The molecule has 5 heteroatoms.